The normalized spacial score (nSPS) is 11.0. The number of allylic oxidation sites excluding steroid dienone is 1. The third kappa shape index (κ3) is 5.38. The zero-order valence-corrected chi connectivity index (χ0v) is 16.9. The van der Waals surface area contributed by atoms with Crippen LogP contribution in [0.2, 0.25) is 15.1 Å². The summed E-state index contributed by atoms with van der Waals surface area (Å²) in [6.07, 6.45) is 2.84. The number of carbonyl (C=O) groups excluding carboxylic acids is 1. The molecule has 29 heavy (non-hydrogen) atoms. The van der Waals surface area contributed by atoms with E-state index in [2.05, 4.69) is 0 Å². The van der Waals surface area contributed by atoms with Gasteiger partial charge in [0.15, 0.2) is 11.5 Å². The smallest absolute Gasteiger partial charge is 0.312 e. The Hall–Kier alpha value is -2.80. The maximum atomic E-state index is 12.2. The van der Waals surface area contributed by atoms with Crippen molar-refractivity contribution in [1.82, 2.24) is 0 Å². The number of rotatable bonds is 7. The van der Waals surface area contributed by atoms with Gasteiger partial charge in [-0.05, 0) is 54.6 Å². The van der Waals surface area contributed by atoms with Crippen LogP contribution in [-0.4, -0.2) is 10.7 Å². The lowest BCUT2D eigenvalue weighted by atomic mass is 10.1. The molecule has 0 unspecified atom stereocenters. The molecular formula is C20H12Cl3NO5. The lowest BCUT2D eigenvalue weighted by Gasteiger charge is -2.05. The Kier molecular flexibility index (Phi) is 6.59. The summed E-state index contributed by atoms with van der Waals surface area (Å²) in [5.74, 6) is 0.649. The van der Waals surface area contributed by atoms with Crippen LogP contribution in [0.15, 0.2) is 59.0 Å². The van der Waals surface area contributed by atoms with Gasteiger partial charge in [0.1, 0.15) is 18.1 Å². The molecule has 2 aromatic carbocycles. The number of benzene rings is 2. The van der Waals surface area contributed by atoms with E-state index in [1.165, 1.54) is 36.4 Å². The van der Waals surface area contributed by atoms with Crippen LogP contribution in [0.4, 0.5) is 5.69 Å². The third-order valence-electron chi connectivity index (χ3n) is 3.77. The Labute approximate surface area is 180 Å². The standard InChI is InChI=1S/C20H12Cl3NO5/c21-13-2-8-20(18(10-13)24(26)27)28-11-15-4-3-14(29-15)5-7-19(25)12-1-6-16(22)17(23)9-12/h1-10H,11H2/b7-5+. The summed E-state index contributed by atoms with van der Waals surface area (Å²) in [6.45, 7) is -0.0307. The van der Waals surface area contributed by atoms with Crippen LogP contribution in [0.1, 0.15) is 21.9 Å². The minimum atomic E-state index is -0.577. The fourth-order valence-corrected chi connectivity index (χ4v) is 2.83. The van der Waals surface area contributed by atoms with Crippen LogP contribution in [0, 0.1) is 10.1 Å². The molecule has 3 aromatic rings. The molecule has 0 N–H and O–H groups in total. The number of furan rings is 1. The molecule has 0 bridgehead atoms. The molecule has 6 nitrogen and oxygen atoms in total. The summed E-state index contributed by atoms with van der Waals surface area (Å²) >= 11 is 17.5. The van der Waals surface area contributed by atoms with E-state index in [1.807, 2.05) is 0 Å². The quantitative estimate of drug-likeness (QED) is 0.174. The monoisotopic (exact) mass is 451 g/mol. The van der Waals surface area contributed by atoms with Crippen LogP contribution in [0.5, 0.6) is 5.75 Å². The van der Waals surface area contributed by atoms with Gasteiger partial charge in [0, 0.05) is 16.7 Å². The van der Waals surface area contributed by atoms with Crippen molar-refractivity contribution >= 4 is 52.3 Å². The van der Waals surface area contributed by atoms with Crippen LogP contribution < -0.4 is 4.74 Å². The van der Waals surface area contributed by atoms with E-state index < -0.39 is 4.92 Å². The molecule has 0 saturated carbocycles. The van der Waals surface area contributed by atoms with Crippen LogP contribution in [0.3, 0.4) is 0 Å². The zero-order chi connectivity index (χ0) is 21.0. The fourth-order valence-electron chi connectivity index (χ4n) is 2.37. The average Bonchev–Trinajstić information content (AvgIpc) is 3.15. The number of ketones is 1. The number of hydrogen-bond acceptors (Lipinski definition) is 5. The fraction of sp³-hybridized carbons (Fsp3) is 0.0500. The van der Waals surface area contributed by atoms with E-state index in [0.29, 0.717) is 27.1 Å². The highest BCUT2D eigenvalue weighted by molar-refractivity contribution is 6.42. The number of hydrogen-bond donors (Lipinski definition) is 0. The van der Waals surface area contributed by atoms with Crippen LogP contribution in [-0.2, 0) is 6.61 Å². The average molecular weight is 453 g/mol. The molecule has 0 atom stereocenters. The second-order valence-electron chi connectivity index (χ2n) is 5.79. The van der Waals surface area contributed by atoms with E-state index in [-0.39, 0.29) is 28.8 Å². The summed E-state index contributed by atoms with van der Waals surface area (Å²) in [5, 5.41) is 12.0. The highest BCUT2D eigenvalue weighted by atomic mass is 35.5. The molecule has 0 aliphatic heterocycles. The maximum absolute atomic E-state index is 12.2. The predicted molar refractivity (Wildman–Crippen MR) is 111 cm³/mol. The molecule has 1 aromatic heterocycles. The van der Waals surface area contributed by atoms with Gasteiger partial charge in [-0.1, -0.05) is 34.8 Å². The van der Waals surface area contributed by atoms with Gasteiger partial charge in [-0.25, -0.2) is 0 Å². The summed E-state index contributed by atoms with van der Waals surface area (Å²) in [5.41, 5.74) is 0.150. The van der Waals surface area contributed by atoms with Crippen LogP contribution >= 0.6 is 34.8 Å². The molecule has 0 fully saturated rings. The first-order valence-electron chi connectivity index (χ1n) is 8.16. The third-order valence-corrected chi connectivity index (χ3v) is 4.75. The van der Waals surface area contributed by atoms with Gasteiger partial charge >= 0.3 is 5.69 Å². The highest BCUT2D eigenvalue weighted by Crippen LogP contribution is 2.30. The summed E-state index contributed by atoms with van der Waals surface area (Å²) in [4.78, 5) is 22.7. The second-order valence-corrected chi connectivity index (χ2v) is 7.04. The molecule has 0 aliphatic rings. The lowest BCUT2D eigenvalue weighted by Crippen LogP contribution is -1.98. The van der Waals surface area contributed by atoms with E-state index >= 15 is 0 Å². The molecule has 9 heteroatoms. The van der Waals surface area contributed by atoms with Crippen molar-refractivity contribution in [2.24, 2.45) is 0 Å². The van der Waals surface area contributed by atoms with E-state index in [1.54, 1.807) is 24.3 Å². The first-order valence-corrected chi connectivity index (χ1v) is 9.30. The van der Waals surface area contributed by atoms with Gasteiger partial charge in [0.25, 0.3) is 0 Å². The maximum Gasteiger partial charge on any atom is 0.312 e. The van der Waals surface area contributed by atoms with Gasteiger partial charge in [-0.3, -0.25) is 14.9 Å². The molecule has 0 saturated heterocycles. The molecule has 3 rings (SSSR count). The molecular weight excluding hydrogens is 441 g/mol. The van der Waals surface area contributed by atoms with Crippen molar-refractivity contribution in [2.75, 3.05) is 0 Å². The first kappa shape index (κ1) is 20.9. The Balaban J connectivity index is 1.65. The molecule has 0 spiro atoms. The van der Waals surface area contributed by atoms with Gasteiger partial charge in [0.05, 0.1) is 15.0 Å². The molecule has 148 valence electrons. The largest absolute Gasteiger partial charge is 0.479 e. The number of nitrogens with zero attached hydrogens (tertiary/aromatic N) is 1. The number of carbonyl (C=O) groups is 1. The molecule has 1 heterocycles. The van der Waals surface area contributed by atoms with Crippen molar-refractivity contribution in [3.63, 3.8) is 0 Å². The summed E-state index contributed by atoms with van der Waals surface area (Å²) in [7, 11) is 0. The van der Waals surface area contributed by atoms with E-state index in [0.717, 1.165) is 0 Å². The highest BCUT2D eigenvalue weighted by Gasteiger charge is 2.16. The first-order chi connectivity index (χ1) is 13.8. The zero-order valence-electron chi connectivity index (χ0n) is 14.6. The number of ether oxygens (including phenoxy) is 1. The number of nitro groups is 1. The topological polar surface area (TPSA) is 82.6 Å². The van der Waals surface area contributed by atoms with Gasteiger partial charge in [0.2, 0.25) is 0 Å². The van der Waals surface area contributed by atoms with Crippen LogP contribution in [0.25, 0.3) is 6.08 Å². The Morgan fingerprint density at radius 3 is 2.59 bits per heavy atom. The minimum absolute atomic E-state index is 0.0307. The second kappa shape index (κ2) is 9.13. The lowest BCUT2D eigenvalue weighted by molar-refractivity contribution is -0.385. The summed E-state index contributed by atoms with van der Waals surface area (Å²) in [6, 6.07) is 12.0. The number of halogens is 3. The van der Waals surface area contributed by atoms with E-state index in [9.17, 15) is 14.9 Å². The van der Waals surface area contributed by atoms with Crippen molar-refractivity contribution in [2.45, 2.75) is 6.61 Å². The van der Waals surface area contributed by atoms with Crippen molar-refractivity contribution < 1.29 is 18.9 Å². The SMILES string of the molecule is O=C(/C=C/c1ccc(COc2ccc(Cl)cc2[N+](=O)[O-])o1)c1ccc(Cl)c(Cl)c1. The predicted octanol–water partition coefficient (Wildman–Crippen LogP) is 6.62. The van der Waals surface area contributed by atoms with Gasteiger partial charge in [-0.15, -0.1) is 0 Å². The summed E-state index contributed by atoms with van der Waals surface area (Å²) < 4.78 is 11.0. The Morgan fingerprint density at radius 2 is 1.86 bits per heavy atom. The minimum Gasteiger partial charge on any atom is -0.479 e. The van der Waals surface area contributed by atoms with Gasteiger partial charge in [-0.2, -0.15) is 0 Å². The molecule has 0 aliphatic carbocycles. The Morgan fingerprint density at radius 1 is 1.07 bits per heavy atom. The molecule has 0 amide bonds. The van der Waals surface area contributed by atoms with E-state index in [4.69, 9.17) is 44.0 Å². The molecule has 0 radical (unpaired) electrons. The van der Waals surface area contributed by atoms with Crippen molar-refractivity contribution in [3.05, 3.63) is 96.9 Å². The van der Waals surface area contributed by atoms with Gasteiger partial charge < -0.3 is 9.15 Å². The Bertz CT molecular complexity index is 1110. The van der Waals surface area contributed by atoms with Crippen molar-refractivity contribution in [1.29, 1.82) is 0 Å². The van der Waals surface area contributed by atoms with Crippen molar-refractivity contribution in [3.8, 4) is 5.75 Å². The number of nitro benzene ring substituents is 1.